The quantitative estimate of drug-likeness (QED) is 0.377. The standard InChI is InChI=1S/C25H33FN2O2/c1-2-3-4-5-6-7-8-9-10-19-27-24(29)20-13-17-23(18-14-20)28-25(30)21-11-15-22(26)16-12-21/h11-18H,2-10,19H2,1H3,(H,27,29)(H,28,30). The van der Waals surface area contributed by atoms with Crippen molar-refractivity contribution in [3.8, 4) is 0 Å². The topological polar surface area (TPSA) is 58.2 Å². The SMILES string of the molecule is CCCCCCCCCCCNC(=O)c1ccc(NC(=O)c2ccc(F)cc2)cc1. The summed E-state index contributed by atoms with van der Waals surface area (Å²) in [6.45, 7) is 2.91. The van der Waals surface area contributed by atoms with E-state index < -0.39 is 0 Å². The highest BCUT2D eigenvalue weighted by atomic mass is 19.1. The second-order valence-corrected chi connectivity index (χ2v) is 7.62. The molecule has 5 heteroatoms. The maximum Gasteiger partial charge on any atom is 0.255 e. The summed E-state index contributed by atoms with van der Waals surface area (Å²) in [5.74, 6) is -0.812. The minimum Gasteiger partial charge on any atom is -0.352 e. The molecular formula is C25H33FN2O2. The minimum absolute atomic E-state index is 0.106. The lowest BCUT2D eigenvalue weighted by atomic mass is 10.1. The summed E-state index contributed by atoms with van der Waals surface area (Å²) in [5, 5.41) is 5.69. The van der Waals surface area contributed by atoms with Gasteiger partial charge < -0.3 is 10.6 Å². The first-order valence-electron chi connectivity index (χ1n) is 11.1. The molecule has 4 nitrogen and oxygen atoms in total. The second-order valence-electron chi connectivity index (χ2n) is 7.62. The van der Waals surface area contributed by atoms with Crippen LogP contribution in [0.25, 0.3) is 0 Å². The van der Waals surface area contributed by atoms with Gasteiger partial charge in [-0.2, -0.15) is 0 Å². The molecule has 0 bridgehead atoms. The fraction of sp³-hybridized carbons (Fsp3) is 0.440. The molecule has 2 aromatic rings. The number of carbonyl (C=O) groups is 2. The number of hydrogen-bond acceptors (Lipinski definition) is 2. The van der Waals surface area contributed by atoms with Crippen molar-refractivity contribution in [2.75, 3.05) is 11.9 Å². The van der Waals surface area contributed by atoms with E-state index in [2.05, 4.69) is 17.6 Å². The van der Waals surface area contributed by atoms with E-state index in [1.165, 1.54) is 69.2 Å². The summed E-state index contributed by atoms with van der Waals surface area (Å²) in [6.07, 6.45) is 11.3. The lowest BCUT2D eigenvalue weighted by Crippen LogP contribution is -2.24. The Hall–Kier alpha value is -2.69. The van der Waals surface area contributed by atoms with Crippen LogP contribution in [0.1, 0.15) is 85.4 Å². The van der Waals surface area contributed by atoms with Crippen molar-refractivity contribution in [2.24, 2.45) is 0 Å². The van der Waals surface area contributed by atoms with Crippen LogP contribution >= 0.6 is 0 Å². The van der Waals surface area contributed by atoms with Crippen LogP contribution in [-0.4, -0.2) is 18.4 Å². The smallest absolute Gasteiger partial charge is 0.255 e. The van der Waals surface area contributed by atoms with E-state index in [0.717, 1.165) is 12.8 Å². The second kappa shape index (κ2) is 13.5. The first-order chi connectivity index (χ1) is 14.6. The molecule has 0 spiro atoms. The van der Waals surface area contributed by atoms with Crippen molar-refractivity contribution in [3.05, 3.63) is 65.5 Å². The van der Waals surface area contributed by atoms with Crippen LogP contribution in [-0.2, 0) is 0 Å². The molecule has 2 N–H and O–H groups in total. The molecule has 0 unspecified atom stereocenters. The minimum atomic E-state index is -0.385. The first-order valence-corrected chi connectivity index (χ1v) is 11.1. The molecule has 0 aromatic heterocycles. The Bertz CT molecular complexity index is 773. The van der Waals surface area contributed by atoms with Gasteiger partial charge in [-0.25, -0.2) is 4.39 Å². The third kappa shape index (κ3) is 8.76. The number of amides is 2. The molecule has 2 aromatic carbocycles. The largest absolute Gasteiger partial charge is 0.352 e. The highest BCUT2D eigenvalue weighted by Gasteiger charge is 2.08. The fourth-order valence-electron chi connectivity index (χ4n) is 3.25. The Morgan fingerprint density at radius 1 is 0.700 bits per heavy atom. The van der Waals surface area contributed by atoms with Crippen LogP contribution in [0, 0.1) is 5.82 Å². The molecular weight excluding hydrogens is 379 g/mol. The molecule has 2 amide bonds. The molecule has 30 heavy (non-hydrogen) atoms. The van der Waals surface area contributed by atoms with Crippen molar-refractivity contribution in [2.45, 2.75) is 64.7 Å². The number of hydrogen-bond donors (Lipinski definition) is 2. The van der Waals surface area contributed by atoms with Gasteiger partial charge >= 0.3 is 0 Å². The third-order valence-electron chi connectivity index (χ3n) is 5.08. The van der Waals surface area contributed by atoms with Gasteiger partial charge in [0.25, 0.3) is 11.8 Å². The summed E-state index contributed by atoms with van der Waals surface area (Å²) in [5.41, 5.74) is 1.52. The molecule has 0 heterocycles. The lowest BCUT2D eigenvalue weighted by molar-refractivity contribution is 0.0952. The molecule has 0 atom stereocenters. The van der Waals surface area contributed by atoms with Crippen molar-refractivity contribution >= 4 is 17.5 Å². The summed E-state index contributed by atoms with van der Waals surface area (Å²) in [4.78, 5) is 24.4. The van der Waals surface area contributed by atoms with Crippen molar-refractivity contribution < 1.29 is 14.0 Å². The van der Waals surface area contributed by atoms with E-state index in [4.69, 9.17) is 0 Å². The monoisotopic (exact) mass is 412 g/mol. The van der Waals surface area contributed by atoms with Gasteiger partial charge in [-0.15, -0.1) is 0 Å². The van der Waals surface area contributed by atoms with Crippen LogP contribution in [0.3, 0.4) is 0 Å². The lowest BCUT2D eigenvalue weighted by Gasteiger charge is -2.08. The van der Waals surface area contributed by atoms with Gasteiger partial charge in [0.2, 0.25) is 0 Å². The maximum atomic E-state index is 12.9. The van der Waals surface area contributed by atoms with Crippen molar-refractivity contribution in [3.63, 3.8) is 0 Å². The number of benzene rings is 2. The summed E-state index contributed by atoms with van der Waals surface area (Å²) in [7, 11) is 0. The van der Waals surface area contributed by atoms with E-state index in [-0.39, 0.29) is 17.6 Å². The normalized spacial score (nSPS) is 10.6. The van der Waals surface area contributed by atoms with E-state index in [1.54, 1.807) is 24.3 Å². The Labute approximate surface area is 179 Å². The Morgan fingerprint density at radius 2 is 1.20 bits per heavy atom. The Balaban J connectivity index is 1.63. The summed E-state index contributed by atoms with van der Waals surface area (Å²) in [6, 6.07) is 12.1. The third-order valence-corrected chi connectivity index (χ3v) is 5.08. The fourth-order valence-corrected chi connectivity index (χ4v) is 3.25. The first kappa shape index (κ1) is 23.6. The number of anilines is 1. The van der Waals surface area contributed by atoms with Crippen molar-refractivity contribution in [1.29, 1.82) is 0 Å². The zero-order valence-corrected chi connectivity index (χ0v) is 17.9. The van der Waals surface area contributed by atoms with Gasteiger partial charge in [-0.1, -0.05) is 58.3 Å². The molecule has 2 rings (SSSR count). The number of rotatable bonds is 13. The van der Waals surface area contributed by atoms with Gasteiger partial charge in [-0.05, 0) is 55.0 Å². The molecule has 0 aliphatic rings. The summed E-state index contributed by atoms with van der Waals surface area (Å²) >= 11 is 0. The Kier molecular flexibility index (Phi) is 10.6. The van der Waals surface area contributed by atoms with E-state index in [9.17, 15) is 14.0 Å². The zero-order chi connectivity index (χ0) is 21.6. The van der Waals surface area contributed by atoms with Crippen LogP contribution < -0.4 is 10.6 Å². The van der Waals surface area contributed by atoms with Gasteiger partial charge in [0.05, 0.1) is 0 Å². The van der Waals surface area contributed by atoms with Crippen molar-refractivity contribution in [1.82, 2.24) is 5.32 Å². The molecule has 0 aliphatic heterocycles. The average molecular weight is 413 g/mol. The maximum absolute atomic E-state index is 12.9. The van der Waals surface area contributed by atoms with Gasteiger partial charge in [0.15, 0.2) is 0 Å². The average Bonchev–Trinajstić information content (AvgIpc) is 2.76. The zero-order valence-electron chi connectivity index (χ0n) is 17.9. The number of halogens is 1. The highest BCUT2D eigenvalue weighted by molar-refractivity contribution is 6.04. The highest BCUT2D eigenvalue weighted by Crippen LogP contribution is 2.13. The number of unbranched alkanes of at least 4 members (excludes halogenated alkanes) is 8. The number of carbonyl (C=O) groups excluding carboxylic acids is 2. The van der Waals surface area contributed by atoms with Crippen LogP contribution in [0.5, 0.6) is 0 Å². The predicted octanol–water partition coefficient (Wildman–Crippen LogP) is 6.34. The number of nitrogens with one attached hydrogen (secondary N) is 2. The van der Waals surface area contributed by atoms with E-state index in [1.807, 2.05) is 0 Å². The molecule has 0 aliphatic carbocycles. The molecule has 0 fully saturated rings. The van der Waals surface area contributed by atoms with Gasteiger partial charge in [0.1, 0.15) is 5.82 Å². The van der Waals surface area contributed by atoms with Crippen LogP contribution in [0.15, 0.2) is 48.5 Å². The Morgan fingerprint density at radius 3 is 1.80 bits per heavy atom. The molecule has 0 radical (unpaired) electrons. The predicted molar refractivity (Wildman–Crippen MR) is 120 cm³/mol. The van der Waals surface area contributed by atoms with Crippen LogP contribution in [0.2, 0.25) is 0 Å². The molecule has 162 valence electrons. The van der Waals surface area contributed by atoms with Gasteiger partial charge in [0, 0.05) is 23.4 Å². The van der Waals surface area contributed by atoms with E-state index >= 15 is 0 Å². The molecule has 0 saturated heterocycles. The van der Waals surface area contributed by atoms with Gasteiger partial charge in [-0.3, -0.25) is 9.59 Å². The van der Waals surface area contributed by atoms with E-state index in [0.29, 0.717) is 23.4 Å². The van der Waals surface area contributed by atoms with Crippen LogP contribution in [0.4, 0.5) is 10.1 Å². The molecule has 0 saturated carbocycles. The summed E-state index contributed by atoms with van der Waals surface area (Å²) < 4.78 is 12.9.